The highest BCUT2D eigenvalue weighted by Crippen LogP contribution is 2.31. The van der Waals surface area contributed by atoms with E-state index in [0.29, 0.717) is 12.1 Å². The van der Waals surface area contributed by atoms with Gasteiger partial charge in [0, 0.05) is 23.4 Å². The fourth-order valence-electron chi connectivity index (χ4n) is 3.55. The smallest absolute Gasteiger partial charge is 0.305 e. The van der Waals surface area contributed by atoms with Gasteiger partial charge in [-0.1, -0.05) is 60.7 Å². The van der Waals surface area contributed by atoms with Crippen molar-refractivity contribution in [1.29, 1.82) is 0 Å². The third kappa shape index (κ3) is 4.87. The van der Waals surface area contributed by atoms with E-state index in [1.165, 1.54) is 6.26 Å². The van der Waals surface area contributed by atoms with Gasteiger partial charge in [0.1, 0.15) is 12.3 Å². The summed E-state index contributed by atoms with van der Waals surface area (Å²) in [6.07, 6.45) is 0.611. The first kappa shape index (κ1) is 20.9. The van der Waals surface area contributed by atoms with Crippen molar-refractivity contribution in [3.63, 3.8) is 0 Å². The first-order valence-electron chi connectivity index (χ1n) is 9.66. The van der Waals surface area contributed by atoms with Crippen molar-refractivity contribution in [3.8, 4) is 0 Å². The molecule has 3 aromatic carbocycles. The Morgan fingerprint density at radius 1 is 1.06 bits per heavy atom. The molecule has 1 aliphatic heterocycles. The minimum absolute atomic E-state index is 0.153. The van der Waals surface area contributed by atoms with E-state index in [1.54, 1.807) is 18.2 Å². The number of ether oxygens (including phenoxy) is 2. The zero-order valence-electron chi connectivity index (χ0n) is 16.4. The molecule has 0 bridgehead atoms. The number of nitrogens with zero attached hydrogens (tertiary/aromatic N) is 1. The van der Waals surface area contributed by atoms with E-state index in [0.717, 1.165) is 20.6 Å². The van der Waals surface area contributed by atoms with Gasteiger partial charge < -0.3 is 19.1 Å². The van der Waals surface area contributed by atoms with Crippen LogP contribution in [0.1, 0.15) is 12.0 Å². The topological polar surface area (TPSA) is 99.1 Å². The summed E-state index contributed by atoms with van der Waals surface area (Å²) in [5.41, 5.74) is 1.32. The zero-order chi connectivity index (χ0) is 21.8. The first-order chi connectivity index (χ1) is 15.0. The molecule has 8 heteroatoms. The van der Waals surface area contributed by atoms with Crippen LogP contribution in [0, 0.1) is 0 Å². The molecule has 0 radical (unpaired) electrons. The molecule has 3 aromatic rings. The molecule has 1 heterocycles. The van der Waals surface area contributed by atoms with Crippen LogP contribution in [0.5, 0.6) is 0 Å². The predicted octanol–water partition coefficient (Wildman–Crippen LogP) is 3.74. The zero-order valence-corrected chi connectivity index (χ0v) is 17.2. The number of hydrogen-bond donors (Lipinski definition) is 1. The van der Waals surface area contributed by atoms with Crippen molar-refractivity contribution >= 4 is 33.7 Å². The Kier molecular flexibility index (Phi) is 6.20. The van der Waals surface area contributed by atoms with E-state index in [9.17, 15) is 18.7 Å². The number of carbonyl (C=O) groups is 1. The molecular formula is C23H20NO6S-. The Labute approximate surface area is 181 Å². The largest absolute Gasteiger partial charge is 0.755 e. The van der Waals surface area contributed by atoms with Gasteiger partial charge in [0.25, 0.3) is 0 Å². The lowest BCUT2D eigenvalue weighted by Gasteiger charge is -2.34. The van der Waals surface area contributed by atoms with Gasteiger partial charge in [0.15, 0.2) is 5.76 Å². The molecule has 160 valence electrons. The van der Waals surface area contributed by atoms with Crippen molar-refractivity contribution in [2.24, 2.45) is 0 Å². The molecule has 4 rings (SSSR count). The van der Waals surface area contributed by atoms with E-state index < -0.39 is 36.0 Å². The highest BCUT2D eigenvalue weighted by atomic mass is 32.2. The first-order valence-corrected chi connectivity index (χ1v) is 10.7. The number of hydrogen-bond acceptors (Lipinski definition) is 5. The van der Waals surface area contributed by atoms with Gasteiger partial charge in [-0.05, 0) is 28.5 Å². The van der Waals surface area contributed by atoms with Gasteiger partial charge >= 0.3 is 5.97 Å². The van der Waals surface area contributed by atoms with Crippen LogP contribution in [0.2, 0.25) is 0 Å². The van der Waals surface area contributed by atoms with E-state index in [2.05, 4.69) is 0 Å². The summed E-state index contributed by atoms with van der Waals surface area (Å²) < 4.78 is 36.8. The number of benzene rings is 3. The van der Waals surface area contributed by atoms with Crippen LogP contribution in [-0.4, -0.2) is 32.2 Å². The third-order valence-corrected chi connectivity index (χ3v) is 5.76. The lowest BCUT2D eigenvalue weighted by molar-refractivity contribution is -0.137. The Morgan fingerprint density at radius 3 is 2.48 bits per heavy atom. The van der Waals surface area contributed by atoms with Gasteiger partial charge in [-0.25, -0.2) is 0 Å². The van der Waals surface area contributed by atoms with Crippen LogP contribution in [0.15, 0.2) is 84.8 Å². The van der Waals surface area contributed by atoms with Gasteiger partial charge in [0.05, 0.1) is 6.42 Å². The number of carboxylic acids is 1. The fraction of sp³-hybridized carbons (Fsp3) is 0.174. The monoisotopic (exact) mass is 438 g/mol. The molecule has 3 unspecified atom stereocenters. The van der Waals surface area contributed by atoms with Crippen LogP contribution in [-0.2, 0) is 32.0 Å². The molecule has 1 aliphatic rings. The Balaban J connectivity index is 1.61. The van der Waals surface area contributed by atoms with E-state index >= 15 is 0 Å². The molecule has 0 amide bonds. The Hall–Kier alpha value is -3.36. The number of fused-ring (bicyclic) bond motifs is 1. The SMILES string of the molecule is O=C(O)CC(C1=COC(Cc2ccccc2)O1)N(c1ccc2ccccc2c1)S(=O)[O-]. The molecule has 0 fully saturated rings. The van der Waals surface area contributed by atoms with Crippen molar-refractivity contribution < 1.29 is 28.1 Å². The van der Waals surface area contributed by atoms with E-state index in [4.69, 9.17) is 9.47 Å². The van der Waals surface area contributed by atoms with E-state index in [1.807, 2.05) is 54.6 Å². The molecule has 0 saturated heterocycles. The molecule has 0 saturated carbocycles. The van der Waals surface area contributed by atoms with Crippen LogP contribution >= 0.6 is 0 Å². The molecule has 0 spiro atoms. The summed E-state index contributed by atoms with van der Waals surface area (Å²) in [4.78, 5) is 11.6. The molecule has 7 nitrogen and oxygen atoms in total. The number of anilines is 1. The standard InChI is InChI=1S/C23H21NO6S/c25-22(26)14-20(21-15-29-23(30-21)12-16-6-2-1-3-7-16)24(31(27)28)19-11-10-17-8-4-5-9-18(17)13-19/h1-11,13,15,20,23H,12,14H2,(H,25,26)(H,27,28)/p-1. The van der Waals surface area contributed by atoms with Gasteiger partial charge in [-0.3, -0.25) is 13.3 Å². The molecule has 3 atom stereocenters. The second-order valence-corrected chi connectivity index (χ2v) is 7.91. The number of rotatable bonds is 8. The highest BCUT2D eigenvalue weighted by molar-refractivity contribution is 7.80. The van der Waals surface area contributed by atoms with Crippen molar-refractivity contribution in [2.75, 3.05) is 4.31 Å². The van der Waals surface area contributed by atoms with Gasteiger partial charge in [0.2, 0.25) is 6.29 Å². The summed E-state index contributed by atoms with van der Waals surface area (Å²) in [5.74, 6) is -1.00. The van der Waals surface area contributed by atoms with E-state index in [-0.39, 0.29) is 5.76 Å². The van der Waals surface area contributed by atoms with Crippen LogP contribution < -0.4 is 4.31 Å². The maximum absolute atomic E-state index is 12.2. The van der Waals surface area contributed by atoms with Crippen LogP contribution in [0.3, 0.4) is 0 Å². The summed E-state index contributed by atoms with van der Waals surface area (Å²) in [5, 5.41) is 11.2. The Bertz CT molecular complexity index is 1130. The molecule has 0 aliphatic carbocycles. The van der Waals surface area contributed by atoms with Gasteiger partial charge in [-0.2, -0.15) is 0 Å². The molecule has 0 aromatic heterocycles. The summed E-state index contributed by atoms with van der Waals surface area (Å²) in [6, 6.07) is 21.1. The quantitative estimate of drug-likeness (QED) is 0.538. The molecule has 31 heavy (non-hydrogen) atoms. The second kappa shape index (κ2) is 9.20. The minimum atomic E-state index is -2.75. The Morgan fingerprint density at radius 2 is 1.77 bits per heavy atom. The summed E-state index contributed by atoms with van der Waals surface area (Å²) in [7, 11) is 0. The maximum Gasteiger partial charge on any atom is 0.305 e. The fourth-order valence-corrected chi connectivity index (χ4v) is 4.22. The average molecular weight is 438 g/mol. The minimum Gasteiger partial charge on any atom is -0.755 e. The lowest BCUT2D eigenvalue weighted by Crippen LogP contribution is -2.40. The summed E-state index contributed by atoms with van der Waals surface area (Å²) >= 11 is -2.75. The maximum atomic E-state index is 12.2. The highest BCUT2D eigenvalue weighted by Gasteiger charge is 2.33. The number of aliphatic carboxylic acids is 1. The second-order valence-electron chi connectivity index (χ2n) is 7.08. The number of carboxylic acid groups (broad SMARTS) is 1. The molecular weight excluding hydrogens is 418 g/mol. The van der Waals surface area contributed by atoms with Gasteiger partial charge in [-0.15, -0.1) is 0 Å². The lowest BCUT2D eigenvalue weighted by atomic mass is 10.1. The van der Waals surface area contributed by atoms with Crippen LogP contribution in [0.25, 0.3) is 10.8 Å². The van der Waals surface area contributed by atoms with Crippen molar-refractivity contribution in [1.82, 2.24) is 0 Å². The summed E-state index contributed by atoms with van der Waals surface area (Å²) in [6.45, 7) is 0. The van der Waals surface area contributed by atoms with Crippen molar-refractivity contribution in [3.05, 3.63) is 90.4 Å². The average Bonchev–Trinajstić information content (AvgIpc) is 3.21. The predicted molar refractivity (Wildman–Crippen MR) is 116 cm³/mol. The van der Waals surface area contributed by atoms with Crippen molar-refractivity contribution in [2.45, 2.75) is 25.2 Å². The third-order valence-electron chi connectivity index (χ3n) is 4.98. The van der Waals surface area contributed by atoms with Crippen LogP contribution in [0.4, 0.5) is 5.69 Å². The molecule has 1 N–H and O–H groups in total. The normalized spacial score (nSPS) is 17.3.